The molecule has 0 bridgehead atoms. The van der Waals surface area contributed by atoms with Gasteiger partial charge in [0, 0.05) is 28.2 Å². The minimum atomic E-state index is -0.0464. The second kappa shape index (κ2) is 4.89. The number of fused-ring (bicyclic) bond motifs is 3. The molecule has 1 aromatic heterocycles. The van der Waals surface area contributed by atoms with Crippen LogP contribution in [0.4, 0.5) is 0 Å². The molecule has 100 valence electrons. The quantitative estimate of drug-likeness (QED) is 0.868. The van der Waals surface area contributed by atoms with Crippen LogP contribution in [0.1, 0.15) is 36.9 Å². The van der Waals surface area contributed by atoms with Crippen LogP contribution < -0.4 is 5.32 Å². The van der Waals surface area contributed by atoms with E-state index in [-0.39, 0.29) is 11.8 Å². The Balaban J connectivity index is 2.09. The zero-order valence-electron chi connectivity index (χ0n) is 10.9. The monoisotopic (exact) mass is 276 g/mol. The summed E-state index contributed by atoms with van der Waals surface area (Å²) in [6, 6.07) is 5.87. The van der Waals surface area contributed by atoms with Gasteiger partial charge in [-0.1, -0.05) is 11.6 Å². The van der Waals surface area contributed by atoms with Gasteiger partial charge in [-0.2, -0.15) is 0 Å². The van der Waals surface area contributed by atoms with E-state index in [2.05, 4.69) is 10.3 Å². The Kier molecular flexibility index (Phi) is 3.23. The molecule has 3 nitrogen and oxygen atoms in total. The molecule has 0 fully saturated rings. The lowest BCUT2D eigenvalue weighted by atomic mass is 9.86. The SMILES string of the molecule is CCNC(=O)[C@H]1CCCc2c1[nH]c1ccc(Cl)cc21. The van der Waals surface area contributed by atoms with Crippen molar-refractivity contribution < 1.29 is 4.79 Å². The Bertz CT molecular complexity index is 632. The molecule has 0 aliphatic heterocycles. The minimum absolute atomic E-state index is 0.0464. The number of aryl methyl sites for hydroxylation is 1. The van der Waals surface area contributed by atoms with Crippen LogP contribution in [0.15, 0.2) is 18.2 Å². The number of likely N-dealkylation sites (N-methyl/N-ethyl adjacent to an activating group) is 1. The zero-order chi connectivity index (χ0) is 13.4. The topological polar surface area (TPSA) is 44.9 Å². The maximum absolute atomic E-state index is 12.1. The molecule has 0 saturated heterocycles. The van der Waals surface area contributed by atoms with Crippen LogP contribution in [-0.2, 0) is 11.2 Å². The number of amides is 1. The smallest absolute Gasteiger partial charge is 0.229 e. The van der Waals surface area contributed by atoms with E-state index in [1.807, 2.05) is 25.1 Å². The number of hydrogen-bond donors (Lipinski definition) is 2. The molecule has 1 amide bonds. The summed E-state index contributed by atoms with van der Waals surface area (Å²) in [5, 5.41) is 4.84. The number of benzene rings is 1. The Hall–Kier alpha value is -1.48. The number of carbonyl (C=O) groups is 1. The standard InChI is InChI=1S/C15H17ClN2O/c1-2-17-15(19)11-5-3-4-10-12-8-9(16)6-7-13(12)18-14(10)11/h6-8,11,18H,2-5H2,1H3,(H,17,19)/t11-/m0/s1. The first-order valence-electron chi connectivity index (χ1n) is 6.78. The van der Waals surface area contributed by atoms with Crippen molar-refractivity contribution in [2.45, 2.75) is 32.1 Å². The summed E-state index contributed by atoms with van der Waals surface area (Å²) >= 11 is 6.07. The molecule has 2 N–H and O–H groups in total. The predicted molar refractivity (Wildman–Crippen MR) is 77.7 cm³/mol. The van der Waals surface area contributed by atoms with Crippen LogP contribution >= 0.6 is 11.6 Å². The number of halogens is 1. The summed E-state index contributed by atoms with van der Waals surface area (Å²) in [6.45, 7) is 2.63. The molecule has 1 aliphatic rings. The molecular weight excluding hydrogens is 260 g/mol. The Morgan fingerprint density at radius 2 is 2.37 bits per heavy atom. The number of hydrogen-bond acceptors (Lipinski definition) is 1. The van der Waals surface area contributed by atoms with Gasteiger partial charge in [-0.3, -0.25) is 4.79 Å². The van der Waals surface area contributed by atoms with E-state index in [0.717, 1.165) is 40.9 Å². The van der Waals surface area contributed by atoms with Gasteiger partial charge in [-0.05, 0) is 49.9 Å². The van der Waals surface area contributed by atoms with Gasteiger partial charge >= 0.3 is 0 Å². The molecule has 0 spiro atoms. The summed E-state index contributed by atoms with van der Waals surface area (Å²) in [4.78, 5) is 15.6. The number of aromatic nitrogens is 1. The van der Waals surface area contributed by atoms with Gasteiger partial charge in [-0.25, -0.2) is 0 Å². The third-order valence-electron chi connectivity index (χ3n) is 3.84. The molecule has 1 heterocycles. The van der Waals surface area contributed by atoms with Gasteiger partial charge in [0.05, 0.1) is 5.92 Å². The van der Waals surface area contributed by atoms with Crippen molar-refractivity contribution >= 4 is 28.4 Å². The summed E-state index contributed by atoms with van der Waals surface area (Å²) in [5.74, 6) is 0.0796. The van der Waals surface area contributed by atoms with E-state index >= 15 is 0 Å². The van der Waals surface area contributed by atoms with Gasteiger partial charge in [0.2, 0.25) is 5.91 Å². The number of nitrogens with one attached hydrogen (secondary N) is 2. The highest BCUT2D eigenvalue weighted by atomic mass is 35.5. The number of aromatic amines is 1. The lowest BCUT2D eigenvalue weighted by Gasteiger charge is -2.21. The normalized spacial score (nSPS) is 18.3. The van der Waals surface area contributed by atoms with Gasteiger partial charge in [0.25, 0.3) is 0 Å². The van der Waals surface area contributed by atoms with E-state index in [0.29, 0.717) is 6.54 Å². The fourth-order valence-electron chi connectivity index (χ4n) is 2.99. The van der Waals surface area contributed by atoms with Crippen molar-refractivity contribution in [2.75, 3.05) is 6.54 Å². The van der Waals surface area contributed by atoms with E-state index in [1.165, 1.54) is 5.56 Å². The molecule has 0 saturated carbocycles. The second-order valence-corrected chi connectivity index (χ2v) is 5.48. The molecule has 0 radical (unpaired) electrons. The Morgan fingerprint density at radius 3 is 3.16 bits per heavy atom. The van der Waals surface area contributed by atoms with Crippen LogP contribution in [0, 0.1) is 0 Å². The summed E-state index contributed by atoms with van der Waals surface area (Å²) in [6.07, 6.45) is 2.99. The number of carbonyl (C=O) groups excluding carboxylic acids is 1. The van der Waals surface area contributed by atoms with Gasteiger partial charge < -0.3 is 10.3 Å². The summed E-state index contributed by atoms with van der Waals surface area (Å²) in [5.41, 5.74) is 3.42. The van der Waals surface area contributed by atoms with Gasteiger partial charge in [0.15, 0.2) is 0 Å². The highest BCUT2D eigenvalue weighted by Gasteiger charge is 2.29. The van der Waals surface area contributed by atoms with Gasteiger partial charge in [-0.15, -0.1) is 0 Å². The molecule has 0 unspecified atom stereocenters. The van der Waals surface area contributed by atoms with E-state index in [4.69, 9.17) is 11.6 Å². The Labute approximate surface area is 117 Å². The first kappa shape index (κ1) is 12.5. The summed E-state index contributed by atoms with van der Waals surface area (Å²) in [7, 11) is 0. The Morgan fingerprint density at radius 1 is 1.53 bits per heavy atom. The predicted octanol–water partition coefficient (Wildman–Crippen LogP) is 3.38. The third-order valence-corrected chi connectivity index (χ3v) is 4.07. The number of rotatable bonds is 2. The highest BCUT2D eigenvalue weighted by molar-refractivity contribution is 6.31. The first-order chi connectivity index (χ1) is 9.20. The van der Waals surface area contributed by atoms with Crippen LogP contribution in [0.3, 0.4) is 0 Å². The minimum Gasteiger partial charge on any atom is -0.357 e. The van der Waals surface area contributed by atoms with Crippen molar-refractivity contribution in [3.63, 3.8) is 0 Å². The lowest BCUT2D eigenvalue weighted by Crippen LogP contribution is -2.31. The molecular formula is C15H17ClN2O. The first-order valence-corrected chi connectivity index (χ1v) is 7.16. The average molecular weight is 277 g/mol. The highest BCUT2D eigenvalue weighted by Crippen LogP contribution is 2.36. The van der Waals surface area contributed by atoms with E-state index < -0.39 is 0 Å². The average Bonchev–Trinajstić information content (AvgIpc) is 2.77. The molecule has 1 atom stereocenters. The largest absolute Gasteiger partial charge is 0.357 e. The second-order valence-electron chi connectivity index (χ2n) is 5.05. The lowest BCUT2D eigenvalue weighted by molar-refractivity contribution is -0.122. The van der Waals surface area contributed by atoms with Crippen LogP contribution in [-0.4, -0.2) is 17.4 Å². The molecule has 19 heavy (non-hydrogen) atoms. The molecule has 1 aliphatic carbocycles. The van der Waals surface area contributed by atoms with Crippen LogP contribution in [0.25, 0.3) is 10.9 Å². The maximum atomic E-state index is 12.1. The number of H-pyrrole nitrogens is 1. The van der Waals surface area contributed by atoms with Gasteiger partial charge in [0.1, 0.15) is 0 Å². The summed E-state index contributed by atoms with van der Waals surface area (Å²) < 4.78 is 0. The molecule has 1 aromatic carbocycles. The van der Waals surface area contributed by atoms with Crippen molar-refractivity contribution in [1.29, 1.82) is 0 Å². The van der Waals surface area contributed by atoms with E-state index in [9.17, 15) is 4.79 Å². The van der Waals surface area contributed by atoms with Crippen molar-refractivity contribution in [2.24, 2.45) is 0 Å². The van der Waals surface area contributed by atoms with E-state index in [1.54, 1.807) is 0 Å². The molecule has 2 aromatic rings. The molecule has 4 heteroatoms. The maximum Gasteiger partial charge on any atom is 0.229 e. The fraction of sp³-hybridized carbons (Fsp3) is 0.400. The van der Waals surface area contributed by atoms with Crippen molar-refractivity contribution in [3.05, 3.63) is 34.5 Å². The van der Waals surface area contributed by atoms with Crippen LogP contribution in [0.5, 0.6) is 0 Å². The third kappa shape index (κ3) is 2.12. The molecule has 3 rings (SSSR count). The van der Waals surface area contributed by atoms with Crippen molar-refractivity contribution in [1.82, 2.24) is 10.3 Å². The fourth-order valence-corrected chi connectivity index (χ4v) is 3.17. The van der Waals surface area contributed by atoms with Crippen molar-refractivity contribution in [3.8, 4) is 0 Å². The zero-order valence-corrected chi connectivity index (χ0v) is 11.7. The van der Waals surface area contributed by atoms with Crippen LogP contribution in [0.2, 0.25) is 5.02 Å².